The summed E-state index contributed by atoms with van der Waals surface area (Å²) in [6.07, 6.45) is 1.95. The van der Waals surface area contributed by atoms with Gasteiger partial charge in [0.05, 0.1) is 20.6 Å². The van der Waals surface area contributed by atoms with Crippen molar-refractivity contribution < 1.29 is 19.4 Å². The van der Waals surface area contributed by atoms with Gasteiger partial charge in [-0.1, -0.05) is 29.8 Å². The number of rotatable bonds is 6. The van der Waals surface area contributed by atoms with E-state index in [1.54, 1.807) is 14.2 Å². The number of hydrogen-bond donors (Lipinski definition) is 1. The number of halogens is 1. The second-order valence-electron chi connectivity index (χ2n) is 5.89. The van der Waals surface area contributed by atoms with Gasteiger partial charge in [0.1, 0.15) is 0 Å². The lowest BCUT2D eigenvalue weighted by Crippen LogP contribution is -2.17. The smallest absolute Gasteiger partial charge is 0.304 e. The van der Waals surface area contributed by atoms with Crippen molar-refractivity contribution in [1.82, 2.24) is 0 Å². The van der Waals surface area contributed by atoms with Crippen molar-refractivity contribution in [3.63, 3.8) is 0 Å². The van der Waals surface area contributed by atoms with Crippen LogP contribution in [0.2, 0.25) is 0 Å². The van der Waals surface area contributed by atoms with E-state index in [1.807, 2.05) is 6.07 Å². The fraction of sp³-hybridized carbons (Fsp3) is 0.562. The molecule has 0 radical (unpaired) electrons. The molecule has 1 aromatic rings. The third-order valence-corrected chi connectivity index (χ3v) is 4.73. The summed E-state index contributed by atoms with van der Waals surface area (Å²) < 4.78 is 11.9. The summed E-state index contributed by atoms with van der Waals surface area (Å²) >= 11 is 3.61. The van der Waals surface area contributed by atoms with Crippen LogP contribution in [0.15, 0.2) is 10.5 Å². The van der Waals surface area contributed by atoms with E-state index in [9.17, 15) is 9.90 Å². The third-order valence-electron chi connectivity index (χ3n) is 4.11. The second kappa shape index (κ2) is 5.87. The van der Waals surface area contributed by atoms with Gasteiger partial charge in [-0.25, -0.2) is 0 Å². The van der Waals surface area contributed by atoms with E-state index in [0.717, 1.165) is 28.4 Å². The number of aliphatic carboxylic acids is 1. The van der Waals surface area contributed by atoms with Gasteiger partial charge in [-0.2, -0.15) is 0 Å². The summed E-state index contributed by atoms with van der Waals surface area (Å²) in [5, 5.41) is 9.23. The molecule has 0 atom stereocenters. The first-order chi connectivity index (χ1) is 9.86. The molecule has 0 bridgehead atoms. The zero-order valence-corrected chi connectivity index (χ0v) is 14.4. The van der Waals surface area contributed by atoms with Crippen LogP contribution in [-0.4, -0.2) is 25.3 Å². The van der Waals surface area contributed by atoms with E-state index in [-0.39, 0.29) is 17.8 Å². The van der Waals surface area contributed by atoms with E-state index in [4.69, 9.17) is 9.47 Å². The van der Waals surface area contributed by atoms with Crippen LogP contribution >= 0.6 is 15.9 Å². The Labute approximate surface area is 133 Å². The highest BCUT2D eigenvalue weighted by atomic mass is 79.9. The maximum absolute atomic E-state index is 11.2. The molecule has 2 rings (SSSR count). The molecule has 0 aromatic heterocycles. The molecule has 1 aliphatic carbocycles. The maximum Gasteiger partial charge on any atom is 0.304 e. The van der Waals surface area contributed by atoms with E-state index in [0.29, 0.717) is 11.5 Å². The minimum absolute atomic E-state index is 0.154. The van der Waals surface area contributed by atoms with Gasteiger partial charge in [0, 0.05) is 15.5 Å². The first-order valence-electron chi connectivity index (χ1n) is 7.03. The first-order valence-corrected chi connectivity index (χ1v) is 7.82. The standard InChI is InChI=1S/C16H21BrO4/c1-9(2)13-14(16(5-6-16)8-12(18)19)10(17)7-11(20-3)15(13)21-4/h7,9H,5-6,8H2,1-4H3,(H,18,19). The lowest BCUT2D eigenvalue weighted by atomic mass is 9.83. The fourth-order valence-corrected chi connectivity index (χ4v) is 3.88. The molecule has 4 nitrogen and oxygen atoms in total. The Morgan fingerprint density at radius 3 is 2.38 bits per heavy atom. The Morgan fingerprint density at radius 2 is 2.00 bits per heavy atom. The van der Waals surface area contributed by atoms with Gasteiger partial charge in [0.15, 0.2) is 11.5 Å². The van der Waals surface area contributed by atoms with E-state index >= 15 is 0 Å². The fourth-order valence-electron chi connectivity index (χ4n) is 3.04. The number of benzene rings is 1. The van der Waals surface area contributed by atoms with Gasteiger partial charge in [0.2, 0.25) is 0 Å². The van der Waals surface area contributed by atoms with Crippen molar-refractivity contribution in [1.29, 1.82) is 0 Å². The topological polar surface area (TPSA) is 55.8 Å². The van der Waals surface area contributed by atoms with Crippen molar-refractivity contribution >= 4 is 21.9 Å². The Kier molecular flexibility index (Phi) is 4.51. The van der Waals surface area contributed by atoms with Crippen LogP contribution in [0.1, 0.15) is 50.2 Å². The van der Waals surface area contributed by atoms with Gasteiger partial charge in [0.25, 0.3) is 0 Å². The molecule has 0 saturated heterocycles. The highest BCUT2D eigenvalue weighted by Gasteiger charge is 2.49. The van der Waals surface area contributed by atoms with Crippen molar-refractivity contribution in [3.8, 4) is 11.5 Å². The summed E-state index contributed by atoms with van der Waals surface area (Å²) in [5.74, 6) is 0.835. The summed E-state index contributed by atoms with van der Waals surface area (Å²) in [5.41, 5.74) is 1.84. The highest BCUT2D eigenvalue weighted by molar-refractivity contribution is 9.10. The molecule has 21 heavy (non-hydrogen) atoms. The number of carboxylic acid groups (broad SMARTS) is 1. The maximum atomic E-state index is 11.2. The predicted molar refractivity (Wildman–Crippen MR) is 84.5 cm³/mol. The highest BCUT2D eigenvalue weighted by Crippen LogP contribution is 2.58. The molecule has 0 aliphatic heterocycles. The van der Waals surface area contributed by atoms with Crippen LogP contribution in [0.25, 0.3) is 0 Å². The predicted octanol–water partition coefficient (Wildman–Crippen LogP) is 4.10. The molecule has 5 heteroatoms. The van der Waals surface area contributed by atoms with E-state index in [1.165, 1.54) is 0 Å². The number of carboxylic acids is 1. The third kappa shape index (κ3) is 2.89. The summed E-state index contributed by atoms with van der Waals surface area (Å²) in [7, 11) is 3.23. The number of methoxy groups -OCH3 is 2. The lowest BCUT2D eigenvalue weighted by Gasteiger charge is -2.25. The molecular formula is C16H21BrO4. The van der Waals surface area contributed by atoms with Crippen LogP contribution in [0.5, 0.6) is 11.5 Å². The minimum Gasteiger partial charge on any atom is -0.493 e. The monoisotopic (exact) mass is 356 g/mol. The largest absolute Gasteiger partial charge is 0.493 e. The van der Waals surface area contributed by atoms with Crippen LogP contribution in [0, 0.1) is 0 Å². The summed E-state index contributed by atoms with van der Waals surface area (Å²) in [6.45, 7) is 4.17. The Bertz CT molecular complexity index is 562. The van der Waals surface area contributed by atoms with Crippen LogP contribution < -0.4 is 9.47 Å². The number of carbonyl (C=O) groups is 1. The quantitative estimate of drug-likeness (QED) is 0.833. The minimum atomic E-state index is -0.760. The molecule has 1 aromatic carbocycles. The molecule has 1 saturated carbocycles. The molecule has 0 heterocycles. The van der Waals surface area contributed by atoms with Gasteiger partial charge < -0.3 is 14.6 Å². The van der Waals surface area contributed by atoms with Crippen molar-refractivity contribution in [2.24, 2.45) is 0 Å². The normalized spacial score (nSPS) is 15.9. The van der Waals surface area contributed by atoms with Crippen molar-refractivity contribution in [2.75, 3.05) is 14.2 Å². The SMILES string of the molecule is COc1cc(Br)c(C2(CC(=O)O)CC2)c(C(C)C)c1OC. The molecule has 0 amide bonds. The molecule has 116 valence electrons. The van der Waals surface area contributed by atoms with Crippen molar-refractivity contribution in [3.05, 3.63) is 21.7 Å². The average molecular weight is 357 g/mol. The number of ether oxygens (including phenoxy) is 2. The van der Waals surface area contributed by atoms with Crippen LogP contribution in [-0.2, 0) is 10.2 Å². The van der Waals surface area contributed by atoms with Gasteiger partial charge in [-0.05, 0) is 30.4 Å². The summed E-state index contributed by atoms with van der Waals surface area (Å²) in [4.78, 5) is 11.2. The van der Waals surface area contributed by atoms with Gasteiger partial charge in [-0.3, -0.25) is 4.79 Å². The number of hydrogen-bond acceptors (Lipinski definition) is 3. The lowest BCUT2D eigenvalue weighted by molar-refractivity contribution is -0.137. The second-order valence-corrected chi connectivity index (χ2v) is 6.74. The Morgan fingerprint density at radius 1 is 1.38 bits per heavy atom. The van der Waals surface area contributed by atoms with Crippen LogP contribution in [0.4, 0.5) is 0 Å². The van der Waals surface area contributed by atoms with E-state index in [2.05, 4.69) is 29.8 Å². The molecule has 0 spiro atoms. The Hall–Kier alpha value is -1.23. The molecule has 1 N–H and O–H groups in total. The summed E-state index contributed by atoms with van der Waals surface area (Å²) in [6, 6.07) is 1.88. The molecule has 0 unspecified atom stereocenters. The molecular weight excluding hydrogens is 336 g/mol. The van der Waals surface area contributed by atoms with Crippen molar-refractivity contribution in [2.45, 2.75) is 44.4 Å². The van der Waals surface area contributed by atoms with E-state index < -0.39 is 5.97 Å². The molecule has 1 fully saturated rings. The zero-order chi connectivity index (χ0) is 15.8. The zero-order valence-electron chi connectivity index (χ0n) is 12.8. The average Bonchev–Trinajstić information content (AvgIpc) is 3.16. The Balaban J connectivity index is 2.68. The van der Waals surface area contributed by atoms with Crippen LogP contribution in [0.3, 0.4) is 0 Å². The van der Waals surface area contributed by atoms with Gasteiger partial charge >= 0.3 is 5.97 Å². The molecule has 1 aliphatic rings. The first kappa shape index (κ1) is 16.1. The van der Waals surface area contributed by atoms with Gasteiger partial charge in [-0.15, -0.1) is 0 Å².